The first-order valence-electron chi connectivity index (χ1n) is 6.41. The van der Waals surface area contributed by atoms with E-state index in [-0.39, 0.29) is 6.04 Å². The Morgan fingerprint density at radius 2 is 2.16 bits per heavy atom. The molecule has 0 radical (unpaired) electrons. The molecule has 0 aromatic rings. The number of fused-ring (bicyclic) bond motifs is 1. The van der Waals surface area contributed by atoms with Gasteiger partial charge in [-0.1, -0.05) is 19.7 Å². The average molecular weight is 281 g/mol. The first kappa shape index (κ1) is 14.3. The minimum absolute atomic E-state index is 0.0541. The summed E-state index contributed by atoms with van der Waals surface area (Å²) >= 11 is 1.96. The molecular formula is C13H23N5S. The van der Waals surface area contributed by atoms with Crippen molar-refractivity contribution in [3.63, 3.8) is 0 Å². The Kier molecular flexibility index (Phi) is 4.44. The fourth-order valence-corrected chi connectivity index (χ4v) is 4.35. The molecule has 0 amide bonds. The quantitative estimate of drug-likeness (QED) is 0.348. The largest absolute Gasteiger partial charge is 0.384 e. The summed E-state index contributed by atoms with van der Waals surface area (Å²) < 4.78 is 0. The zero-order chi connectivity index (χ0) is 14.0. The lowest BCUT2D eigenvalue weighted by Crippen LogP contribution is -2.36. The van der Waals surface area contributed by atoms with Gasteiger partial charge in [-0.25, -0.2) is 0 Å². The van der Waals surface area contributed by atoms with Crippen LogP contribution in [0.1, 0.15) is 6.42 Å². The molecule has 7 N–H and O–H groups in total. The normalized spacial score (nSPS) is 32.6. The number of hydrazine groups is 1. The van der Waals surface area contributed by atoms with Gasteiger partial charge in [0.15, 0.2) is 0 Å². The minimum Gasteiger partial charge on any atom is -0.384 e. The molecule has 19 heavy (non-hydrogen) atoms. The topological polar surface area (TPSA) is 88.1 Å². The molecule has 2 heterocycles. The maximum Gasteiger partial charge on any atom is 0.0552 e. The zero-order valence-corrected chi connectivity index (χ0v) is 11.9. The fourth-order valence-electron chi connectivity index (χ4n) is 2.69. The minimum atomic E-state index is 0.0541. The Hall–Kier alpha value is -1.11. The van der Waals surface area contributed by atoms with Gasteiger partial charge in [-0.15, -0.1) is 0 Å². The van der Waals surface area contributed by atoms with Gasteiger partial charge in [0.25, 0.3) is 0 Å². The van der Waals surface area contributed by atoms with Gasteiger partial charge in [-0.05, 0) is 6.42 Å². The highest BCUT2D eigenvalue weighted by molar-refractivity contribution is 8.00. The molecular weight excluding hydrogens is 258 g/mol. The summed E-state index contributed by atoms with van der Waals surface area (Å²) in [6.07, 6.45) is 0.909. The molecule has 0 aromatic carbocycles. The molecule has 2 saturated heterocycles. The monoisotopic (exact) mass is 281 g/mol. The Morgan fingerprint density at radius 3 is 2.84 bits per heavy atom. The van der Waals surface area contributed by atoms with E-state index in [2.05, 4.69) is 35.8 Å². The Balaban J connectivity index is 1.84. The molecule has 4 unspecified atom stereocenters. The number of hydrogen-bond donors (Lipinski definition) is 5. The highest BCUT2D eigenvalue weighted by atomic mass is 32.2. The molecule has 2 rings (SSSR count). The van der Waals surface area contributed by atoms with Crippen molar-refractivity contribution in [1.82, 2.24) is 16.1 Å². The maximum atomic E-state index is 6.21. The molecule has 0 aliphatic carbocycles. The van der Waals surface area contributed by atoms with Crippen LogP contribution in [-0.2, 0) is 0 Å². The zero-order valence-electron chi connectivity index (χ0n) is 11.1. The van der Waals surface area contributed by atoms with E-state index in [1.807, 2.05) is 11.8 Å². The van der Waals surface area contributed by atoms with E-state index in [0.29, 0.717) is 23.8 Å². The summed E-state index contributed by atoms with van der Waals surface area (Å²) in [6, 6.07) is 0.518. The second-order valence-corrected chi connectivity index (χ2v) is 6.43. The van der Waals surface area contributed by atoms with Crippen molar-refractivity contribution in [1.29, 1.82) is 0 Å². The molecule has 2 fully saturated rings. The highest BCUT2D eigenvalue weighted by Gasteiger charge is 2.46. The predicted molar refractivity (Wildman–Crippen MR) is 82.0 cm³/mol. The summed E-state index contributed by atoms with van der Waals surface area (Å²) in [6.45, 7) is 12.4. The van der Waals surface area contributed by atoms with Crippen molar-refractivity contribution in [2.24, 2.45) is 17.5 Å². The molecule has 0 aromatic heterocycles. The number of nitrogens with one attached hydrogen (secondary N) is 3. The number of allylic oxidation sites excluding steroid dienone is 1. The lowest BCUT2D eigenvalue weighted by atomic mass is 9.91. The van der Waals surface area contributed by atoms with E-state index in [1.54, 1.807) is 0 Å². The molecule has 0 saturated carbocycles. The second kappa shape index (κ2) is 5.90. The van der Waals surface area contributed by atoms with Crippen LogP contribution in [0.25, 0.3) is 0 Å². The van der Waals surface area contributed by atoms with E-state index in [0.717, 1.165) is 29.3 Å². The summed E-state index contributed by atoms with van der Waals surface area (Å²) in [5.74, 6) is 6.81. The fraction of sp³-hybridized carbons (Fsp3) is 0.538. The van der Waals surface area contributed by atoms with Crippen LogP contribution in [0.3, 0.4) is 0 Å². The highest BCUT2D eigenvalue weighted by Crippen LogP contribution is 2.42. The Bertz CT molecular complexity index is 394. The van der Waals surface area contributed by atoms with Crippen molar-refractivity contribution < 1.29 is 0 Å². The third-order valence-electron chi connectivity index (χ3n) is 3.78. The molecule has 4 atom stereocenters. The lowest BCUT2D eigenvalue weighted by Gasteiger charge is -2.22. The average Bonchev–Trinajstić information content (AvgIpc) is 2.89. The number of rotatable bonds is 6. The molecule has 5 nitrogen and oxygen atoms in total. The van der Waals surface area contributed by atoms with Gasteiger partial charge >= 0.3 is 0 Å². The van der Waals surface area contributed by atoms with Crippen molar-refractivity contribution in [3.8, 4) is 0 Å². The van der Waals surface area contributed by atoms with Crippen LogP contribution >= 0.6 is 11.8 Å². The van der Waals surface area contributed by atoms with E-state index in [9.17, 15) is 0 Å². The SMILES string of the molecule is C=C(CNC(=C)CC1SCC2NC(=C)C(N)C21)NN. The standard InChI is InChI=1S/C13H23N5S/c1-7(16-5-8(2)18-15)4-11-12-10(6-19-11)17-9(3)13(12)14/h10-13,16-18H,1-6,14-15H2. The van der Waals surface area contributed by atoms with E-state index >= 15 is 0 Å². The van der Waals surface area contributed by atoms with Crippen LogP contribution in [0.5, 0.6) is 0 Å². The predicted octanol–water partition coefficient (Wildman–Crippen LogP) is 0.00120. The molecule has 0 spiro atoms. The van der Waals surface area contributed by atoms with Crippen LogP contribution in [0.2, 0.25) is 0 Å². The van der Waals surface area contributed by atoms with Gasteiger partial charge < -0.3 is 21.8 Å². The van der Waals surface area contributed by atoms with E-state index in [4.69, 9.17) is 11.6 Å². The summed E-state index contributed by atoms with van der Waals surface area (Å²) in [7, 11) is 0. The summed E-state index contributed by atoms with van der Waals surface area (Å²) in [5, 5.41) is 7.12. The summed E-state index contributed by atoms with van der Waals surface area (Å²) in [4.78, 5) is 0. The third-order valence-corrected chi connectivity index (χ3v) is 5.24. The van der Waals surface area contributed by atoms with Crippen molar-refractivity contribution in [3.05, 3.63) is 36.8 Å². The lowest BCUT2D eigenvalue weighted by molar-refractivity contribution is 0.445. The van der Waals surface area contributed by atoms with Gasteiger partial charge in [-0.2, -0.15) is 11.8 Å². The van der Waals surface area contributed by atoms with Crippen LogP contribution in [0.4, 0.5) is 0 Å². The smallest absolute Gasteiger partial charge is 0.0552 e. The van der Waals surface area contributed by atoms with E-state index < -0.39 is 0 Å². The Morgan fingerprint density at radius 1 is 1.42 bits per heavy atom. The number of nitrogens with two attached hydrogens (primary N) is 2. The number of thioether (sulfide) groups is 1. The molecule has 2 aliphatic heterocycles. The molecule has 0 bridgehead atoms. The van der Waals surface area contributed by atoms with Gasteiger partial charge in [0, 0.05) is 46.1 Å². The Labute approximate surface area is 118 Å². The number of hydrogen-bond acceptors (Lipinski definition) is 6. The van der Waals surface area contributed by atoms with Gasteiger partial charge in [0.1, 0.15) is 0 Å². The second-order valence-electron chi connectivity index (χ2n) is 5.16. The maximum absolute atomic E-state index is 6.21. The van der Waals surface area contributed by atoms with Crippen LogP contribution < -0.4 is 27.6 Å². The third kappa shape index (κ3) is 3.08. The van der Waals surface area contributed by atoms with Crippen molar-refractivity contribution in [2.75, 3.05) is 12.3 Å². The van der Waals surface area contributed by atoms with Crippen LogP contribution in [0.15, 0.2) is 36.8 Å². The molecule has 106 valence electrons. The molecule has 6 heteroatoms. The summed E-state index contributed by atoms with van der Waals surface area (Å²) in [5.41, 5.74) is 11.4. The van der Waals surface area contributed by atoms with Gasteiger partial charge in [-0.3, -0.25) is 5.84 Å². The van der Waals surface area contributed by atoms with E-state index in [1.165, 1.54) is 0 Å². The van der Waals surface area contributed by atoms with Gasteiger partial charge in [0.05, 0.1) is 6.54 Å². The first-order chi connectivity index (χ1) is 9.02. The first-order valence-corrected chi connectivity index (χ1v) is 7.46. The van der Waals surface area contributed by atoms with Crippen LogP contribution in [0, 0.1) is 5.92 Å². The van der Waals surface area contributed by atoms with Crippen molar-refractivity contribution in [2.45, 2.75) is 23.8 Å². The van der Waals surface area contributed by atoms with Crippen LogP contribution in [-0.4, -0.2) is 29.6 Å². The van der Waals surface area contributed by atoms with Crippen molar-refractivity contribution >= 4 is 11.8 Å². The molecule has 2 aliphatic rings. The van der Waals surface area contributed by atoms with Gasteiger partial charge in [0.2, 0.25) is 0 Å².